The smallest absolute Gasteiger partial charge is 0.291 e. The number of aryl methyl sites for hydroxylation is 1. The van der Waals surface area contributed by atoms with Crippen LogP contribution in [0.15, 0.2) is 39.4 Å². The molecule has 0 aliphatic rings. The van der Waals surface area contributed by atoms with Crippen LogP contribution in [-0.4, -0.2) is 5.91 Å². The summed E-state index contributed by atoms with van der Waals surface area (Å²) in [6, 6.07) is 6.93. The minimum Gasteiger partial charge on any atom is -0.459 e. The molecule has 0 fully saturated rings. The molecule has 0 spiro atoms. The third-order valence-corrected chi connectivity index (χ3v) is 3.01. The lowest BCUT2D eigenvalue weighted by Crippen LogP contribution is -2.12. The lowest BCUT2D eigenvalue weighted by atomic mass is 10.2. The Kier molecular flexibility index (Phi) is 3.19. The first-order chi connectivity index (χ1) is 8.08. The zero-order valence-electron chi connectivity index (χ0n) is 9.16. The van der Waals surface area contributed by atoms with E-state index in [0.29, 0.717) is 17.1 Å². The van der Waals surface area contributed by atoms with Gasteiger partial charge in [0.1, 0.15) is 0 Å². The average molecular weight is 295 g/mol. The molecular formula is C12H11BrN2O2. The summed E-state index contributed by atoms with van der Waals surface area (Å²) in [5, 5.41) is 2.73. The molecule has 1 aromatic heterocycles. The summed E-state index contributed by atoms with van der Waals surface area (Å²) in [4.78, 5) is 11.8. The summed E-state index contributed by atoms with van der Waals surface area (Å²) in [5.41, 5.74) is 7.74. The number of amides is 1. The van der Waals surface area contributed by atoms with Gasteiger partial charge in [0.05, 0.1) is 6.26 Å². The molecule has 0 radical (unpaired) electrons. The summed E-state index contributed by atoms with van der Waals surface area (Å²) in [7, 11) is 0. The lowest BCUT2D eigenvalue weighted by molar-refractivity contribution is 0.0996. The van der Waals surface area contributed by atoms with Crippen LogP contribution in [0.25, 0.3) is 0 Å². The quantitative estimate of drug-likeness (QED) is 0.836. The second-order valence-electron chi connectivity index (χ2n) is 3.62. The molecule has 0 saturated heterocycles. The maximum absolute atomic E-state index is 11.8. The number of hydrogen-bond donors (Lipinski definition) is 2. The van der Waals surface area contributed by atoms with Gasteiger partial charge in [0.2, 0.25) is 0 Å². The number of anilines is 2. The summed E-state index contributed by atoms with van der Waals surface area (Å²) < 4.78 is 5.85. The van der Waals surface area contributed by atoms with Crippen molar-refractivity contribution in [1.29, 1.82) is 0 Å². The van der Waals surface area contributed by atoms with Crippen molar-refractivity contribution in [2.24, 2.45) is 0 Å². The van der Waals surface area contributed by atoms with Crippen molar-refractivity contribution in [1.82, 2.24) is 0 Å². The van der Waals surface area contributed by atoms with Crippen molar-refractivity contribution in [3.05, 3.63) is 46.3 Å². The first-order valence-corrected chi connectivity index (χ1v) is 5.77. The van der Waals surface area contributed by atoms with Gasteiger partial charge in [0.25, 0.3) is 5.91 Å². The van der Waals surface area contributed by atoms with Crippen LogP contribution >= 0.6 is 15.9 Å². The summed E-state index contributed by atoms with van der Waals surface area (Å²) in [6.07, 6.45) is 1.49. The second kappa shape index (κ2) is 4.63. The maximum Gasteiger partial charge on any atom is 0.291 e. The van der Waals surface area contributed by atoms with Gasteiger partial charge in [-0.15, -0.1) is 0 Å². The van der Waals surface area contributed by atoms with E-state index in [2.05, 4.69) is 21.2 Å². The van der Waals surface area contributed by atoms with E-state index in [0.717, 1.165) is 10.0 Å². The molecule has 5 heteroatoms. The fourth-order valence-electron chi connectivity index (χ4n) is 1.40. The fourth-order valence-corrected chi connectivity index (χ4v) is 1.78. The standard InChI is InChI=1S/C12H11BrN2O2/c1-7-4-5-17-11(7)12(16)15-8-2-3-10(14)9(13)6-8/h2-6H,14H2,1H3,(H,15,16). The summed E-state index contributed by atoms with van der Waals surface area (Å²) in [5.74, 6) is 0.0436. The first kappa shape index (κ1) is 11.7. The Morgan fingerprint density at radius 1 is 1.41 bits per heavy atom. The summed E-state index contributed by atoms with van der Waals surface area (Å²) >= 11 is 3.30. The topological polar surface area (TPSA) is 68.3 Å². The number of nitrogen functional groups attached to an aromatic ring is 1. The molecule has 17 heavy (non-hydrogen) atoms. The normalized spacial score (nSPS) is 10.2. The molecule has 88 valence electrons. The molecule has 2 aromatic rings. The van der Waals surface area contributed by atoms with Crippen LogP contribution in [0.4, 0.5) is 11.4 Å². The van der Waals surface area contributed by atoms with Crippen LogP contribution in [-0.2, 0) is 0 Å². The van der Waals surface area contributed by atoms with Crippen molar-refractivity contribution < 1.29 is 9.21 Å². The number of halogens is 1. The first-order valence-electron chi connectivity index (χ1n) is 4.98. The van der Waals surface area contributed by atoms with Crippen LogP contribution in [0.5, 0.6) is 0 Å². The monoisotopic (exact) mass is 294 g/mol. The van der Waals surface area contributed by atoms with Gasteiger partial charge in [-0.25, -0.2) is 0 Å². The van der Waals surface area contributed by atoms with Crippen LogP contribution in [0.1, 0.15) is 16.1 Å². The molecule has 3 N–H and O–H groups in total. The van der Waals surface area contributed by atoms with Crippen molar-refractivity contribution in [3.8, 4) is 0 Å². The molecular weight excluding hydrogens is 284 g/mol. The van der Waals surface area contributed by atoms with E-state index in [1.807, 2.05) is 6.92 Å². The Bertz CT molecular complexity index is 563. The summed E-state index contributed by atoms with van der Waals surface area (Å²) in [6.45, 7) is 1.82. The largest absolute Gasteiger partial charge is 0.459 e. The SMILES string of the molecule is Cc1ccoc1C(=O)Nc1ccc(N)c(Br)c1. The highest BCUT2D eigenvalue weighted by Crippen LogP contribution is 2.23. The number of nitrogens with two attached hydrogens (primary N) is 1. The van der Waals surface area contributed by atoms with Crippen molar-refractivity contribution in [3.63, 3.8) is 0 Å². The molecule has 0 unspecified atom stereocenters. The Balaban J connectivity index is 2.19. The van der Waals surface area contributed by atoms with Crippen molar-refractivity contribution in [2.75, 3.05) is 11.1 Å². The molecule has 0 saturated carbocycles. The fraction of sp³-hybridized carbons (Fsp3) is 0.0833. The van der Waals surface area contributed by atoms with Gasteiger partial charge in [-0.1, -0.05) is 0 Å². The van der Waals surface area contributed by atoms with E-state index in [4.69, 9.17) is 10.2 Å². The highest BCUT2D eigenvalue weighted by molar-refractivity contribution is 9.10. The van der Waals surface area contributed by atoms with E-state index < -0.39 is 0 Å². The number of carbonyl (C=O) groups excluding carboxylic acids is 1. The predicted octanol–water partition coefficient (Wildman–Crippen LogP) is 3.19. The second-order valence-corrected chi connectivity index (χ2v) is 4.48. The zero-order valence-corrected chi connectivity index (χ0v) is 10.7. The predicted molar refractivity (Wildman–Crippen MR) is 70.0 cm³/mol. The van der Waals surface area contributed by atoms with E-state index in [9.17, 15) is 4.79 Å². The minimum absolute atomic E-state index is 0.274. The highest BCUT2D eigenvalue weighted by atomic mass is 79.9. The molecule has 0 aliphatic carbocycles. The molecule has 0 bridgehead atoms. The van der Waals surface area contributed by atoms with Gasteiger partial charge < -0.3 is 15.5 Å². The van der Waals surface area contributed by atoms with Crippen molar-refractivity contribution >= 4 is 33.2 Å². The molecule has 0 aliphatic heterocycles. The van der Waals surface area contributed by atoms with Crippen LogP contribution in [0.2, 0.25) is 0 Å². The number of rotatable bonds is 2. The van der Waals surface area contributed by atoms with Gasteiger partial charge in [0, 0.05) is 21.4 Å². The Morgan fingerprint density at radius 3 is 2.76 bits per heavy atom. The lowest BCUT2D eigenvalue weighted by Gasteiger charge is -2.05. The number of nitrogens with one attached hydrogen (secondary N) is 1. The molecule has 1 aromatic carbocycles. The molecule has 1 amide bonds. The molecule has 2 rings (SSSR count). The molecule has 0 atom stereocenters. The zero-order chi connectivity index (χ0) is 12.4. The van der Waals surface area contributed by atoms with Gasteiger partial charge in [-0.2, -0.15) is 0 Å². The maximum atomic E-state index is 11.8. The average Bonchev–Trinajstić information content (AvgIpc) is 2.70. The van der Waals surface area contributed by atoms with Gasteiger partial charge in [0.15, 0.2) is 5.76 Å². The number of furan rings is 1. The van der Waals surface area contributed by atoms with E-state index >= 15 is 0 Å². The third-order valence-electron chi connectivity index (χ3n) is 2.33. The number of hydrogen-bond acceptors (Lipinski definition) is 3. The van der Waals surface area contributed by atoms with E-state index in [-0.39, 0.29) is 5.91 Å². The third kappa shape index (κ3) is 2.50. The molecule has 4 nitrogen and oxygen atoms in total. The Labute approximate surface area is 107 Å². The number of carbonyl (C=O) groups is 1. The minimum atomic E-state index is -0.274. The van der Waals surface area contributed by atoms with Crippen LogP contribution < -0.4 is 11.1 Å². The van der Waals surface area contributed by atoms with Gasteiger partial charge >= 0.3 is 0 Å². The number of benzene rings is 1. The Hall–Kier alpha value is -1.75. The highest BCUT2D eigenvalue weighted by Gasteiger charge is 2.12. The van der Waals surface area contributed by atoms with Crippen LogP contribution in [0, 0.1) is 6.92 Å². The molecule has 1 heterocycles. The van der Waals surface area contributed by atoms with E-state index in [1.54, 1.807) is 24.3 Å². The van der Waals surface area contributed by atoms with E-state index in [1.165, 1.54) is 6.26 Å². The Morgan fingerprint density at radius 2 is 2.18 bits per heavy atom. The van der Waals surface area contributed by atoms with Gasteiger partial charge in [-0.05, 0) is 47.1 Å². The van der Waals surface area contributed by atoms with Crippen LogP contribution in [0.3, 0.4) is 0 Å². The van der Waals surface area contributed by atoms with Crippen molar-refractivity contribution in [2.45, 2.75) is 6.92 Å². The van der Waals surface area contributed by atoms with Gasteiger partial charge in [-0.3, -0.25) is 4.79 Å².